The van der Waals surface area contributed by atoms with Crippen LogP contribution in [0.3, 0.4) is 0 Å². The van der Waals surface area contributed by atoms with Crippen LogP contribution in [-0.4, -0.2) is 39.6 Å². The van der Waals surface area contributed by atoms with Crippen molar-refractivity contribution in [1.82, 2.24) is 0 Å². The Labute approximate surface area is 178 Å². The number of carbonyl (C=O) groups is 1. The molecule has 2 aromatic carbocycles. The largest absolute Gasteiger partial charge is 0.495 e. The van der Waals surface area contributed by atoms with Gasteiger partial charge in [-0.1, -0.05) is 32.0 Å². The van der Waals surface area contributed by atoms with Gasteiger partial charge in [-0.3, -0.25) is 4.79 Å². The Kier molecular flexibility index (Phi) is 8.09. The standard InChI is InChI=1S/C23H30N2O5/c1-7-29-20-10-8-16(12-21(20)28-6)14-24-30-15-22(26)25-18-13-17(23(2,3)4)9-11-19(18)27-5/h8-14H,7,15H2,1-6H3,(H,25,26)/b24-14+. The second kappa shape index (κ2) is 10.5. The van der Waals surface area contributed by atoms with Crippen molar-refractivity contribution in [2.24, 2.45) is 5.16 Å². The first kappa shape index (κ1) is 23.1. The third-order valence-electron chi connectivity index (χ3n) is 4.30. The third-order valence-corrected chi connectivity index (χ3v) is 4.30. The molecule has 0 saturated heterocycles. The van der Waals surface area contributed by atoms with Gasteiger partial charge in [-0.2, -0.15) is 0 Å². The molecule has 1 N–H and O–H groups in total. The molecule has 7 nitrogen and oxygen atoms in total. The van der Waals surface area contributed by atoms with E-state index in [1.807, 2.05) is 31.2 Å². The molecule has 30 heavy (non-hydrogen) atoms. The Morgan fingerprint density at radius 3 is 2.37 bits per heavy atom. The van der Waals surface area contributed by atoms with Crippen molar-refractivity contribution in [3.05, 3.63) is 47.5 Å². The summed E-state index contributed by atoms with van der Waals surface area (Å²) >= 11 is 0. The van der Waals surface area contributed by atoms with Gasteiger partial charge < -0.3 is 24.4 Å². The molecular formula is C23H30N2O5. The number of hydrogen-bond donors (Lipinski definition) is 1. The lowest BCUT2D eigenvalue weighted by Crippen LogP contribution is -2.18. The minimum Gasteiger partial charge on any atom is -0.495 e. The van der Waals surface area contributed by atoms with Crippen LogP contribution < -0.4 is 19.5 Å². The van der Waals surface area contributed by atoms with E-state index >= 15 is 0 Å². The van der Waals surface area contributed by atoms with E-state index in [2.05, 4.69) is 31.2 Å². The average Bonchev–Trinajstić information content (AvgIpc) is 2.71. The normalized spacial score (nSPS) is 11.3. The molecule has 0 heterocycles. The number of nitrogens with one attached hydrogen (secondary N) is 1. The highest BCUT2D eigenvalue weighted by Gasteiger charge is 2.17. The molecule has 2 rings (SSSR count). The van der Waals surface area contributed by atoms with Gasteiger partial charge in [-0.25, -0.2) is 0 Å². The number of hydrogen-bond acceptors (Lipinski definition) is 6. The Morgan fingerprint density at radius 2 is 1.73 bits per heavy atom. The molecule has 0 bridgehead atoms. The highest BCUT2D eigenvalue weighted by molar-refractivity contribution is 5.93. The fourth-order valence-electron chi connectivity index (χ4n) is 2.69. The van der Waals surface area contributed by atoms with Gasteiger partial charge >= 0.3 is 0 Å². The van der Waals surface area contributed by atoms with Crippen molar-refractivity contribution in [2.75, 3.05) is 32.8 Å². The number of carbonyl (C=O) groups excluding carboxylic acids is 1. The van der Waals surface area contributed by atoms with Crippen LogP contribution in [0.4, 0.5) is 5.69 Å². The van der Waals surface area contributed by atoms with E-state index in [0.717, 1.165) is 11.1 Å². The van der Waals surface area contributed by atoms with Crippen LogP contribution >= 0.6 is 0 Å². The van der Waals surface area contributed by atoms with Crippen molar-refractivity contribution in [3.8, 4) is 17.2 Å². The summed E-state index contributed by atoms with van der Waals surface area (Å²) in [6.45, 7) is 8.54. The van der Waals surface area contributed by atoms with Crippen molar-refractivity contribution < 1.29 is 23.8 Å². The molecule has 0 aliphatic heterocycles. The Bertz CT molecular complexity index is 888. The van der Waals surface area contributed by atoms with E-state index in [1.54, 1.807) is 26.4 Å². The molecule has 0 atom stereocenters. The fourth-order valence-corrected chi connectivity index (χ4v) is 2.69. The van der Waals surface area contributed by atoms with Crippen LogP contribution in [0.25, 0.3) is 0 Å². The Morgan fingerprint density at radius 1 is 1.03 bits per heavy atom. The molecule has 162 valence electrons. The summed E-state index contributed by atoms with van der Waals surface area (Å²) in [5.74, 6) is 1.51. The van der Waals surface area contributed by atoms with Gasteiger partial charge in [0.05, 0.1) is 32.7 Å². The Balaban J connectivity index is 1.97. The first-order valence-electron chi connectivity index (χ1n) is 9.73. The van der Waals surface area contributed by atoms with E-state index in [4.69, 9.17) is 19.0 Å². The predicted molar refractivity (Wildman–Crippen MR) is 118 cm³/mol. The summed E-state index contributed by atoms with van der Waals surface area (Å²) in [6.07, 6.45) is 1.51. The van der Waals surface area contributed by atoms with Gasteiger partial charge in [-0.15, -0.1) is 0 Å². The molecule has 0 fully saturated rings. The van der Waals surface area contributed by atoms with E-state index in [-0.39, 0.29) is 17.9 Å². The molecule has 7 heteroatoms. The smallest absolute Gasteiger partial charge is 0.265 e. The summed E-state index contributed by atoms with van der Waals surface area (Å²) in [4.78, 5) is 17.4. The van der Waals surface area contributed by atoms with Crippen LogP contribution in [-0.2, 0) is 15.0 Å². The van der Waals surface area contributed by atoms with Gasteiger partial charge in [0, 0.05) is 5.56 Å². The third kappa shape index (κ3) is 6.40. The number of nitrogens with zero attached hydrogens (tertiary/aromatic N) is 1. The van der Waals surface area contributed by atoms with Gasteiger partial charge in [-0.05, 0) is 48.2 Å². The lowest BCUT2D eigenvalue weighted by Gasteiger charge is -2.21. The van der Waals surface area contributed by atoms with Gasteiger partial charge in [0.1, 0.15) is 5.75 Å². The maximum Gasteiger partial charge on any atom is 0.265 e. The minimum atomic E-state index is -0.333. The van der Waals surface area contributed by atoms with E-state index < -0.39 is 0 Å². The molecule has 0 aliphatic carbocycles. The quantitative estimate of drug-likeness (QED) is 0.486. The lowest BCUT2D eigenvalue weighted by atomic mass is 9.87. The van der Waals surface area contributed by atoms with Crippen molar-refractivity contribution in [1.29, 1.82) is 0 Å². The Hall–Kier alpha value is -3.22. The van der Waals surface area contributed by atoms with Gasteiger partial charge in [0.25, 0.3) is 5.91 Å². The highest BCUT2D eigenvalue weighted by atomic mass is 16.6. The molecule has 0 saturated carbocycles. The van der Waals surface area contributed by atoms with E-state index in [1.165, 1.54) is 6.21 Å². The molecule has 0 aliphatic rings. The fraction of sp³-hybridized carbons (Fsp3) is 0.391. The van der Waals surface area contributed by atoms with Crippen LogP contribution in [0.15, 0.2) is 41.6 Å². The van der Waals surface area contributed by atoms with Crippen molar-refractivity contribution in [3.63, 3.8) is 0 Å². The molecule has 0 radical (unpaired) electrons. The molecule has 2 aromatic rings. The van der Waals surface area contributed by atoms with E-state index in [9.17, 15) is 4.79 Å². The van der Waals surface area contributed by atoms with Crippen LogP contribution in [0.2, 0.25) is 0 Å². The molecule has 0 unspecified atom stereocenters. The molecular weight excluding hydrogens is 384 g/mol. The zero-order valence-electron chi connectivity index (χ0n) is 18.4. The van der Waals surface area contributed by atoms with Crippen molar-refractivity contribution >= 4 is 17.8 Å². The number of methoxy groups -OCH3 is 2. The first-order chi connectivity index (χ1) is 14.3. The summed E-state index contributed by atoms with van der Waals surface area (Å²) in [5.41, 5.74) is 2.39. The van der Waals surface area contributed by atoms with Gasteiger partial charge in [0.15, 0.2) is 18.1 Å². The van der Waals surface area contributed by atoms with E-state index in [0.29, 0.717) is 29.5 Å². The summed E-state index contributed by atoms with van der Waals surface area (Å²) < 4.78 is 16.1. The zero-order chi connectivity index (χ0) is 22.1. The van der Waals surface area contributed by atoms with Crippen LogP contribution in [0.5, 0.6) is 17.2 Å². The number of anilines is 1. The SMILES string of the molecule is CCOc1ccc(/C=N/OCC(=O)Nc2cc(C(C)(C)C)ccc2OC)cc1OC. The van der Waals surface area contributed by atoms with Crippen molar-refractivity contribution in [2.45, 2.75) is 33.1 Å². The number of rotatable bonds is 9. The first-order valence-corrected chi connectivity index (χ1v) is 9.73. The average molecular weight is 415 g/mol. The van der Waals surface area contributed by atoms with Crippen LogP contribution in [0, 0.1) is 0 Å². The summed E-state index contributed by atoms with van der Waals surface area (Å²) in [7, 11) is 3.14. The number of amides is 1. The number of ether oxygens (including phenoxy) is 3. The number of benzene rings is 2. The van der Waals surface area contributed by atoms with Gasteiger partial charge in [0.2, 0.25) is 0 Å². The highest BCUT2D eigenvalue weighted by Crippen LogP contribution is 2.31. The number of oxime groups is 1. The summed E-state index contributed by atoms with van der Waals surface area (Å²) in [5, 5.41) is 6.67. The lowest BCUT2D eigenvalue weighted by molar-refractivity contribution is -0.120. The zero-order valence-corrected chi connectivity index (χ0v) is 18.4. The molecule has 0 spiro atoms. The molecule has 1 amide bonds. The molecule has 0 aromatic heterocycles. The maximum absolute atomic E-state index is 12.3. The summed E-state index contributed by atoms with van der Waals surface area (Å²) in [6, 6.07) is 11.1. The topological polar surface area (TPSA) is 78.4 Å². The maximum atomic E-state index is 12.3. The monoisotopic (exact) mass is 414 g/mol. The minimum absolute atomic E-state index is 0.0503. The second-order valence-electron chi connectivity index (χ2n) is 7.56. The second-order valence-corrected chi connectivity index (χ2v) is 7.56. The van der Waals surface area contributed by atoms with Crippen LogP contribution in [0.1, 0.15) is 38.8 Å². The predicted octanol–water partition coefficient (Wildman–Crippen LogP) is 4.39.